The molecule has 0 aromatic carbocycles. The van der Waals surface area contributed by atoms with Gasteiger partial charge in [0.25, 0.3) is 11.8 Å². The molecule has 1 N–H and O–H groups in total. The Labute approximate surface area is 141 Å². The van der Waals surface area contributed by atoms with Gasteiger partial charge >= 0.3 is 5.97 Å². The maximum Gasteiger partial charge on any atom is 0.309 e. The zero-order chi connectivity index (χ0) is 17.4. The van der Waals surface area contributed by atoms with Crippen LogP contribution in [0, 0.1) is 5.92 Å². The maximum absolute atomic E-state index is 12.1. The maximum atomic E-state index is 12.1. The van der Waals surface area contributed by atoms with Crippen LogP contribution in [0.25, 0.3) is 0 Å². The molecule has 0 spiro atoms. The van der Waals surface area contributed by atoms with Crippen molar-refractivity contribution in [2.45, 2.75) is 32.6 Å². The van der Waals surface area contributed by atoms with Gasteiger partial charge in [-0.25, -0.2) is 0 Å². The number of likely N-dealkylation sites (tertiary alicyclic amines) is 1. The summed E-state index contributed by atoms with van der Waals surface area (Å²) < 4.78 is 10.2. The van der Waals surface area contributed by atoms with Crippen molar-refractivity contribution in [1.29, 1.82) is 0 Å². The molecule has 1 fully saturated rings. The van der Waals surface area contributed by atoms with E-state index in [0.717, 1.165) is 12.8 Å². The SMILES string of the molecule is CCCCNC(=O)COC(=O)C1CCN(C(=O)c2ccco2)CC1. The van der Waals surface area contributed by atoms with Gasteiger partial charge in [-0.1, -0.05) is 13.3 Å². The van der Waals surface area contributed by atoms with E-state index < -0.39 is 0 Å². The molecule has 1 aliphatic heterocycles. The molecule has 0 atom stereocenters. The van der Waals surface area contributed by atoms with Gasteiger partial charge in [-0.05, 0) is 31.4 Å². The lowest BCUT2D eigenvalue weighted by Gasteiger charge is -2.30. The quantitative estimate of drug-likeness (QED) is 0.603. The molecule has 1 aliphatic rings. The zero-order valence-electron chi connectivity index (χ0n) is 14.0. The number of rotatable bonds is 7. The number of nitrogens with one attached hydrogen (secondary N) is 1. The summed E-state index contributed by atoms with van der Waals surface area (Å²) in [6, 6.07) is 3.29. The van der Waals surface area contributed by atoms with E-state index >= 15 is 0 Å². The Morgan fingerprint density at radius 2 is 2.08 bits per heavy atom. The second-order valence-electron chi connectivity index (χ2n) is 5.85. The van der Waals surface area contributed by atoms with Crippen molar-refractivity contribution < 1.29 is 23.5 Å². The number of furan rings is 1. The third-order valence-electron chi connectivity index (χ3n) is 4.05. The molecule has 7 nitrogen and oxygen atoms in total. The van der Waals surface area contributed by atoms with Crippen molar-refractivity contribution >= 4 is 17.8 Å². The number of piperidine rings is 1. The highest BCUT2D eigenvalue weighted by atomic mass is 16.5. The predicted octanol–water partition coefficient (Wildman–Crippen LogP) is 1.59. The van der Waals surface area contributed by atoms with Crippen LogP contribution in [0.1, 0.15) is 43.2 Å². The summed E-state index contributed by atoms with van der Waals surface area (Å²) in [6.07, 6.45) is 4.42. The van der Waals surface area contributed by atoms with E-state index in [-0.39, 0.29) is 30.3 Å². The number of carbonyl (C=O) groups excluding carboxylic acids is 3. The summed E-state index contributed by atoms with van der Waals surface area (Å²) in [5.41, 5.74) is 0. The van der Waals surface area contributed by atoms with Gasteiger partial charge in [-0.2, -0.15) is 0 Å². The normalized spacial score (nSPS) is 15.1. The number of amides is 2. The van der Waals surface area contributed by atoms with E-state index in [1.807, 2.05) is 6.92 Å². The molecule has 2 heterocycles. The van der Waals surface area contributed by atoms with Crippen LogP contribution in [0.2, 0.25) is 0 Å². The average Bonchev–Trinajstić information content (AvgIpc) is 3.14. The first-order valence-corrected chi connectivity index (χ1v) is 8.38. The lowest BCUT2D eigenvalue weighted by atomic mass is 9.97. The Bertz CT molecular complexity index is 547. The van der Waals surface area contributed by atoms with Crippen molar-refractivity contribution in [2.75, 3.05) is 26.2 Å². The van der Waals surface area contributed by atoms with Crippen LogP contribution < -0.4 is 5.32 Å². The fourth-order valence-electron chi connectivity index (χ4n) is 2.58. The van der Waals surface area contributed by atoms with Crippen molar-refractivity contribution in [3.05, 3.63) is 24.2 Å². The van der Waals surface area contributed by atoms with E-state index in [1.54, 1.807) is 17.0 Å². The van der Waals surface area contributed by atoms with Crippen molar-refractivity contribution in [3.8, 4) is 0 Å². The molecule has 7 heteroatoms. The Morgan fingerprint density at radius 3 is 2.71 bits per heavy atom. The second-order valence-corrected chi connectivity index (χ2v) is 5.85. The Kier molecular flexibility index (Phi) is 6.84. The predicted molar refractivity (Wildman–Crippen MR) is 86.2 cm³/mol. The van der Waals surface area contributed by atoms with E-state index in [0.29, 0.717) is 38.2 Å². The molecule has 24 heavy (non-hydrogen) atoms. The van der Waals surface area contributed by atoms with Gasteiger partial charge in [0.1, 0.15) is 0 Å². The fourth-order valence-corrected chi connectivity index (χ4v) is 2.58. The van der Waals surface area contributed by atoms with Crippen LogP contribution in [0.5, 0.6) is 0 Å². The van der Waals surface area contributed by atoms with Gasteiger partial charge in [-0.3, -0.25) is 14.4 Å². The third kappa shape index (κ3) is 5.11. The molecule has 0 radical (unpaired) electrons. The number of carbonyl (C=O) groups is 3. The molecule has 0 bridgehead atoms. The topological polar surface area (TPSA) is 88.9 Å². The van der Waals surface area contributed by atoms with Crippen LogP contribution >= 0.6 is 0 Å². The van der Waals surface area contributed by atoms with E-state index in [2.05, 4.69) is 5.32 Å². The van der Waals surface area contributed by atoms with E-state index in [1.165, 1.54) is 6.26 Å². The molecule has 1 aromatic heterocycles. The van der Waals surface area contributed by atoms with Gasteiger partial charge in [0.15, 0.2) is 12.4 Å². The number of hydrogen-bond donors (Lipinski definition) is 1. The van der Waals surface area contributed by atoms with Crippen LogP contribution in [0.3, 0.4) is 0 Å². The summed E-state index contributed by atoms with van der Waals surface area (Å²) in [7, 11) is 0. The monoisotopic (exact) mass is 336 g/mol. The Balaban J connectivity index is 1.69. The van der Waals surface area contributed by atoms with Crippen LogP contribution in [-0.4, -0.2) is 48.9 Å². The number of ether oxygens (including phenoxy) is 1. The van der Waals surface area contributed by atoms with Gasteiger partial charge in [0.05, 0.1) is 12.2 Å². The largest absolute Gasteiger partial charge is 0.459 e. The minimum Gasteiger partial charge on any atom is -0.459 e. The molecule has 2 rings (SSSR count). The molecule has 2 amide bonds. The number of nitrogens with zero attached hydrogens (tertiary/aromatic N) is 1. The molecule has 132 valence electrons. The summed E-state index contributed by atoms with van der Waals surface area (Å²) >= 11 is 0. The second kappa shape index (κ2) is 9.10. The number of unbranched alkanes of at least 4 members (excludes halogenated alkanes) is 1. The first-order chi connectivity index (χ1) is 11.6. The highest BCUT2D eigenvalue weighted by Crippen LogP contribution is 2.20. The Hall–Kier alpha value is -2.31. The fraction of sp³-hybridized carbons (Fsp3) is 0.588. The summed E-state index contributed by atoms with van der Waals surface area (Å²) in [4.78, 5) is 37.3. The molecule has 0 unspecified atom stereocenters. The molecular weight excluding hydrogens is 312 g/mol. The average molecular weight is 336 g/mol. The number of esters is 1. The van der Waals surface area contributed by atoms with Crippen LogP contribution in [-0.2, 0) is 14.3 Å². The molecule has 0 aliphatic carbocycles. The first kappa shape index (κ1) is 18.0. The molecule has 1 saturated heterocycles. The van der Waals surface area contributed by atoms with Gasteiger partial charge in [-0.15, -0.1) is 0 Å². The first-order valence-electron chi connectivity index (χ1n) is 8.38. The van der Waals surface area contributed by atoms with Crippen LogP contribution in [0.15, 0.2) is 22.8 Å². The van der Waals surface area contributed by atoms with Gasteiger partial charge in [0.2, 0.25) is 0 Å². The summed E-state index contributed by atoms with van der Waals surface area (Å²) in [5, 5.41) is 2.70. The standard InChI is InChI=1S/C17H24N2O5/c1-2-3-8-18-15(20)12-24-17(22)13-6-9-19(10-7-13)16(21)14-5-4-11-23-14/h4-5,11,13H,2-3,6-10,12H2,1H3,(H,18,20). The zero-order valence-corrected chi connectivity index (χ0v) is 14.0. The molecule has 0 saturated carbocycles. The van der Waals surface area contributed by atoms with Crippen molar-refractivity contribution in [3.63, 3.8) is 0 Å². The van der Waals surface area contributed by atoms with Gasteiger partial charge < -0.3 is 19.4 Å². The minimum atomic E-state index is -0.370. The van der Waals surface area contributed by atoms with E-state index in [4.69, 9.17) is 9.15 Å². The van der Waals surface area contributed by atoms with Crippen LogP contribution in [0.4, 0.5) is 0 Å². The lowest BCUT2D eigenvalue weighted by molar-refractivity contribution is -0.153. The highest BCUT2D eigenvalue weighted by molar-refractivity contribution is 5.91. The van der Waals surface area contributed by atoms with E-state index in [9.17, 15) is 14.4 Å². The highest BCUT2D eigenvalue weighted by Gasteiger charge is 2.29. The molecular formula is C17H24N2O5. The van der Waals surface area contributed by atoms with Crippen molar-refractivity contribution in [1.82, 2.24) is 10.2 Å². The summed E-state index contributed by atoms with van der Waals surface area (Å²) in [5.74, 6) is -0.774. The lowest BCUT2D eigenvalue weighted by Crippen LogP contribution is -2.41. The van der Waals surface area contributed by atoms with Crippen molar-refractivity contribution in [2.24, 2.45) is 5.92 Å². The minimum absolute atomic E-state index is 0.165. The smallest absolute Gasteiger partial charge is 0.309 e. The van der Waals surface area contributed by atoms with Gasteiger partial charge in [0, 0.05) is 19.6 Å². The summed E-state index contributed by atoms with van der Waals surface area (Å²) in [6.45, 7) is 3.34. The third-order valence-corrected chi connectivity index (χ3v) is 4.05. The molecule has 1 aromatic rings. The Morgan fingerprint density at radius 1 is 1.33 bits per heavy atom. The number of hydrogen-bond acceptors (Lipinski definition) is 5.